The maximum absolute atomic E-state index is 5.44. The number of anilines is 3. The molecule has 0 unspecified atom stereocenters. The zero-order valence-electron chi connectivity index (χ0n) is 10.2. The number of ether oxygens (including phenoxy) is 1. The SMILES string of the molecule is CCOc1cccc(Nc2ccnc(NN)c2)c1. The Morgan fingerprint density at radius 1 is 1.22 bits per heavy atom. The minimum absolute atomic E-state index is 0.612. The molecule has 0 aliphatic carbocycles. The van der Waals surface area contributed by atoms with Gasteiger partial charge < -0.3 is 15.5 Å². The van der Waals surface area contributed by atoms with Crippen molar-refractivity contribution in [3.8, 4) is 5.75 Å². The zero-order valence-corrected chi connectivity index (χ0v) is 10.2. The van der Waals surface area contributed by atoms with Crippen LogP contribution >= 0.6 is 0 Å². The molecule has 2 rings (SSSR count). The number of rotatable bonds is 5. The van der Waals surface area contributed by atoms with Crippen LogP contribution in [0.4, 0.5) is 17.2 Å². The maximum Gasteiger partial charge on any atom is 0.141 e. The molecule has 0 bridgehead atoms. The lowest BCUT2D eigenvalue weighted by molar-refractivity contribution is 0.340. The molecule has 1 aromatic carbocycles. The fourth-order valence-electron chi connectivity index (χ4n) is 1.58. The van der Waals surface area contributed by atoms with Crippen LogP contribution in [0.1, 0.15) is 6.92 Å². The predicted octanol–water partition coefficient (Wildman–Crippen LogP) is 2.51. The first kappa shape index (κ1) is 12.2. The summed E-state index contributed by atoms with van der Waals surface area (Å²) in [4.78, 5) is 4.05. The Morgan fingerprint density at radius 2 is 2.06 bits per heavy atom. The molecular weight excluding hydrogens is 228 g/mol. The van der Waals surface area contributed by atoms with Gasteiger partial charge in [-0.2, -0.15) is 0 Å². The highest BCUT2D eigenvalue weighted by Crippen LogP contribution is 2.22. The molecule has 0 amide bonds. The van der Waals surface area contributed by atoms with Crippen molar-refractivity contribution in [2.75, 3.05) is 17.3 Å². The van der Waals surface area contributed by atoms with Gasteiger partial charge in [-0.15, -0.1) is 0 Å². The first-order valence-corrected chi connectivity index (χ1v) is 5.74. The largest absolute Gasteiger partial charge is 0.494 e. The third-order valence-electron chi connectivity index (χ3n) is 2.34. The summed E-state index contributed by atoms with van der Waals surface area (Å²) in [5, 5.41) is 3.26. The van der Waals surface area contributed by atoms with Gasteiger partial charge in [0.2, 0.25) is 0 Å². The number of nitrogen functional groups attached to an aromatic ring is 1. The van der Waals surface area contributed by atoms with Crippen LogP contribution in [-0.2, 0) is 0 Å². The Hall–Kier alpha value is -2.27. The van der Waals surface area contributed by atoms with Gasteiger partial charge in [0.05, 0.1) is 6.61 Å². The molecule has 5 heteroatoms. The van der Waals surface area contributed by atoms with E-state index in [1.54, 1.807) is 6.20 Å². The number of benzene rings is 1. The van der Waals surface area contributed by atoms with Crippen LogP contribution < -0.4 is 21.3 Å². The number of pyridine rings is 1. The van der Waals surface area contributed by atoms with E-state index in [1.165, 1.54) is 0 Å². The van der Waals surface area contributed by atoms with E-state index < -0.39 is 0 Å². The van der Waals surface area contributed by atoms with E-state index in [0.29, 0.717) is 12.4 Å². The van der Waals surface area contributed by atoms with Gasteiger partial charge in [-0.1, -0.05) is 6.07 Å². The Balaban J connectivity index is 2.14. The fraction of sp³-hybridized carbons (Fsp3) is 0.154. The van der Waals surface area contributed by atoms with Crippen molar-refractivity contribution in [2.45, 2.75) is 6.92 Å². The minimum atomic E-state index is 0.612. The van der Waals surface area contributed by atoms with Gasteiger partial charge in [0.1, 0.15) is 11.6 Å². The molecule has 0 atom stereocenters. The molecule has 0 aliphatic heterocycles. The van der Waals surface area contributed by atoms with E-state index in [1.807, 2.05) is 43.3 Å². The third-order valence-corrected chi connectivity index (χ3v) is 2.34. The molecule has 2 aromatic rings. The molecule has 0 radical (unpaired) electrons. The van der Waals surface area contributed by atoms with Crippen molar-refractivity contribution in [3.63, 3.8) is 0 Å². The van der Waals surface area contributed by atoms with Gasteiger partial charge in [0.15, 0.2) is 0 Å². The first-order chi connectivity index (χ1) is 8.81. The van der Waals surface area contributed by atoms with Crippen LogP contribution in [0, 0.1) is 0 Å². The lowest BCUT2D eigenvalue weighted by Gasteiger charge is -2.09. The normalized spacial score (nSPS) is 9.89. The van der Waals surface area contributed by atoms with E-state index in [4.69, 9.17) is 10.6 Å². The molecule has 1 aromatic heterocycles. The molecule has 0 aliphatic rings. The second-order valence-corrected chi connectivity index (χ2v) is 3.66. The average molecular weight is 244 g/mol. The molecule has 0 spiro atoms. The summed E-state index contributed by atoms with van der Waals surface area (Å²) in [6, 6.07) is 11.5. The van der Waals surface area contributed by atoms with E-state index in [2.05, 4.69) is 15.7 Å². The van der Waals surface area contributed by atoms with Crippen molar-refractivity contribution in [1.29, 1.82) is 0 Å². The topological polar surface area (TPSA) is 72.2 Å². The van der Waals surface area contributed by atoms with E-state index >= 15 is 0 Å². The van der Waals surface area contributed by atoms with Crippen molar-refractivity contribution in [2.24, 2.45) is 5.84 Å². The van der Waals surface area contributed by atoms with Gasteiger partial charge in [0.25, 0.3) is 0 Å². The Morgan fingerprint density at radius 3 is 2.83 bits per heavy atom. The van der Waals surface area contributed by atoms with Crippen LogP contribution in [0.3, 0.4) is 0 Å². The van der Waals surface area contributed by atoms with Crippen LogP contribution in [0.15, 0.2) is 42.6 Å². The Bertz CT molecular complexity index is 516. The van der Waals surface area contributed by atoms with E-state index in [9.17, 15) is 0 Å². The molecule has 18 heavy (non-hydrogen) atoms. The number of aromatic nitrogens is 1. The van der Waals surface area contributed by atoms with Gasteiger partial charge in [-0.05, 0) is 25.1 Å². The van der Waals surface area contributed by atoms with Crippen LogP contribution in [0.5, 0.6) is 5.75 Å². The zero-order chi connectivity index (χ0) is 12.8. The van der Waals surface area contributed by atoms with Gasteiger partial charge in [-0.3, -0.25) is 0 Å². The number of nitrogens with two attached hydrogens (primary N) is 1. The summed E-state index contributed by atoms with van der Waals surface area (Å²) < 4.78 is 5.44. The van der Waals surface area contributed by atoms with Crippen molar-refractivity contribution in [1.82, 2.24) is 4.98 Å². The number of nitrogens with zero attached hydrogens (tertiary/aromatic N) is 1. The monoisotopic (exact) mass is 244 g/mol. The Labute approximate surface area is 106 Å². The maximum atomic E-state index is 5.44. The smallest absolute Gasteiger partial charge is 0.141 e. The highest BCUT2D eigenvalue weighted by atomic mass is 16.5. The van der Waals surface area contributed by atoms with Crippen LogP contribution in [-0.4, -0.2) is 11.6 Å². The number of hydrogen-bond acceptors (Lipinski definition) is 5. The molecule has 0 fully saturated rings. The molecule has 5 nitrogen and oxygen atoms in total. The standard InChI is InChI=1S/C13H16N4O/c1-2-18-12-5-3-4-10(8-12)16-11-6-7-15-13(9-11)17-14/h3-9H,2,14H2,1H3,(H2,15,16,17). The highest BCUT2D eigenvalue weighted by Gasteiger charge is 1.99. The van der Waals surface area contributed by atoms with E-state index in [-0.39, 0.29) is 0 Å². The van der Waals surface area contributed by atoms with Crippen LogP contribution in [0.25, 0.3) is 0 Å². The molecular formula is C13H16N4O. The van der Waals surface area contributed by atoms with Gasteiger partial charge >= 0.3 is 0 Å². The fourth-order valence-corrected chi connectivity index (χ4v) is 1.58. The summed E-state index contributed by atoms with van der Waals surface area (Å²) >= 11 is 0. The summed E-state index contributed by atoms with van der Waals surface area (Å²) in [6.45, 7) is 2.61. The first-order valence-electron chi connectivity index (χ1n) is 5.74. The lowest BCUT2D eigenvalue weighted by Crippen LogP contribution is -2.08. The Kier molecular flexibility index (Phi) is 3.98. The minimum Gasteiger partial charge on any atom is -0.494 e. The summed E-state index contributed by atoms with van der Waals surface area (Å²) in [5.41, 5.74) is 4.37. The molecule has 0 saturated heterocycles. The van der Waals surface area contributed by atoms with Crippen molar-refractivity contribution < 1.29 is 4.74 Å². The quantitative estimate of drug-likeness (QED) is 0.556. The summed E-state index contributed by atoms with van der Waals surface area (Å²) in [5.74, 6) is 6.77. The summed E-state index contributed by atoms with van der Waals surface area (Å²) in [6.07, 6.45) is 1.68. The van der Waals surface area contributed by atoms with Crippen molar-refractivity contribution in [3.05, 3.63) is 42.6 Å². The second-order valence-electron chi connectivity index (χ2n) is 3.66. The summed E-state index contributed by atoms with van der Waals surface area (Å²) in [7, 11) is 0. The van der Waals surface area contributed by atoms with Crippen LogP contribution in [0.2, 0.25) is 0 Å². The van der Waals surface area contributed by atoms with Crippen molar-refractivity contribution >= 4 is 17.2 Å². The van der Waals surface area contributed by atoms with Gasteiger partial charge in [-0.25, -0.2) is 10.8 Å². The number of hydrazine groups is 1. The van der Waals surface area contributed by atoms with E-state index in [0.717, 1.165) is 17.1 Å². The molecule has 1 heterocycles. The van der Waals surface area contributed by atoms with Gasteiger partial charge in [0, 0.05) is 29.7 Å². The third kappa shape index (κ3) is 3.11. The molecule has 0 saturated carbocycles. The molecule has 4 N–H and O–H groups in total. The lowest BCUT2D eigenvalue weighted by atomic mass is 10.3. The second kappa shape index (κ2) is 5.88. The predicted molar refractivity (Wildman–Crippen MR) is 72.9 cm³/mol. The number of hydrogen-bond donors (Lipinski definition) is 3. The average Bonchev–Trinajstić information content (AvgIpc) is 2.40. The number of nitrogens with one attached hydrogen (secondary N) is 2. The molecule has 94 valence electrons. The highest BCUT2D eigenvalue weighted by molar-refractivity contribution is 5.63.